The second-order valence-electron chi connectivity index (χ2n) is 4.98. The van der Waals surface area contributed by atoms with Gasteiger partial charge in [0, 0.05) is 16.9 Å². The van der Waals surface area contributed by atoms with Crippen LogP contribution in [0.5, 0.6) is 0 Å². The normalized spacial score (nSPS) is 10.9. The summed E-state index contributed by atoms with van der Waals surface area (Å²) in [6, 6.07) is 11.4. The second kappa shape index (κ2) is 6.37. The molecule has 0 bridgehead atoms. The van der Waals surface area contributed by atoms with Gasteiger partial charge in [-0.25, -0.2) is 13.5 Å². The molecule has 2 N–H and O–H groups in total. The van der Waals surface area contributed by atoms with Gasteiger partial charge in [0.05, 0.1) is 0 Å². The van der Waals surface area contributed by atoms with E-state index >= 15 is 0 Å². The summed E-state index contributed by atoms with van der Waals surface area (Å²) in [7, 11) is 0. The maximum absolute atomic E-state index is 13.6. The molecule has 0 amide bonds. The molecule has 0 fully saturated rings. The molecule has 0 aliphatic heterocycles. The van der Waals surface area contributed by atoms with E-state index in [0.29, 0.717) is 11.0 Å². The molecule has 0 saturated heterocycles. The van der Waals surface area contributed by atoms with Crippen LogP contribution in [0, 0.1) is 18.6 Å². The van der Waals surface area contributed by atoms with Crippen LogP contribution in [0.2, 0.25) is 0 Å². The summed E-state index contributed by atoms with van der Waals surface area (Å²) >= 11 is 1.13. The molecule has 0 unspecified atom stereocenters. The summed E-state index contributed by atoms with van der Waals surface area (Å²) in [5, 5.41) is 8.49. The first kappa shape index (κ1) is 15.5. The van der Waals surface area contributed by atoms with Crippen LogP contribution in [0.3, 0.4) is 0 Å². The van der Waals surface area contributed by atoms with Crippen molar-refractivity contribution in [2.75, 3.05) is 5.84 Å². The molecular formula is C16H14F2N4S. The topological polar surface area (TPSA) is 56.7 Å². The minimum absolute atomic E-state index is 0.00191. The maximum Gasteiger partial charge on any atom is 0.210 e. The number of hydrogen-bond acceptors (Lipinski definition) is 4. The summed E-state index contributed by atoms with van der Waals surface area (Å²) in [4.78, 5) is 0. The standard InChI is InChI=1S/C16H14F2N4S/c1-10-5-2-3-6-11(10)15-20-21-16(22(15)19)23-9-12-13(17)7-4-8-14(12)18/h2-8H,9,19H2,1H3. The summed E-state index contributed by atoms with van der Waals surface area (Å²) in [6.07, 6.45) is 0. The van der Waals surface area contributed by atoms with E-state index in [-0.39, 0.29) is 11.3 Å². The van der Waals surface area contributed by atoms with E-state index in [1.54, 1.807) is 0 Å². The summed E-state index contributed by atoms with van der Waals surface area (Å²) in [5.74, 6) is 5.46. The first-order valence-electron chi connectivity index (χ1n) is 6.90. The van der Waals surface area contributed by atoms with Crippen molar-refractivity contribution in [1.82, 2.24) is 14.9 Å². The van der Waals surface area contributed by atoms with Gasteiger partial charge in [-0.15, -0.1) is 10.2 Å². The van der Waals surface area contributed by atoms with Crippen molar-refractivity contribution in [1.29, 1.82) is 0 Å². The van der Waals surface area contributed by atoms with Gasteiger partial charge < -0.3 is 5.84 Å². The molecule has 0 aliphatic carbocycles. The zero-order chi connectivity index (χ0) is 16.4. The molecule has 0 atom stereocenters. The van der Waals surface area contributed by atoms with Gasteiger partial charge in [-0.3, -0.25) is 0 Å². The van der Waals surface area contributed by atoms with E-state index in [0.717, 1.165) is 22.9 Å². The molecule has 1 heterocycles. The van der Waals surface area contributed by atoms with E-state index in [4.69, 9.17) is 5.84 Å². The zero-order valence-electron chi connectivity index (χ0n) is 12.3. The lowest BCUT2D eigenvalue weighted by molar-refractivity contribution is 0.566. The largest absolute Gasteiger partial charge is 0.335 e. The molecule has 0 aliphatic rings. The fraction of sp³-hybridized carbons (Fsp3) is 0.125. The van der Waals surface area contributed by atoms with Crippen molar-refractivity contribution in [3.8, 4) is 11.4 Å². The summed E-state index contributed by atoms with van der Waals surface area (Å²) < 4.78 is 28.6. The number of rotatable bonds is 4. The van der Waals surface area contributed by atoms with Crippen LogP contribution < -0.4 is 5.84 Å². The Kier molecular flexibility index (Phi) is 4.29. The lowest BCUT2D eigenvalue weighted by Crippen LogP contribution is -2.12. The molecule has 118 valence electrons. The highest BCUT2D eigenvalue weighted by molar-refractivity contribution is 7.98. The quantitative estimate of drug-likeness (QED) is 0.586. The smallest absolute Gasteiger partial charge is 0.210 e. The van der Waals surface area contributed by atoms with Gasteiger partial charge in [0.15, 0.2) is 5.82 Å². The van der Waals surface area contributed by atoms with Gasteiger partial charge in [0.25, 0.3) is 0 Å². The molecule has 0 radical (unpaired) electrons. The monoisotopic (exact) mass is 332 g/mol. The number of hydrogen-bond donors (Lipinski definition) is 1. The van der Waals surface area contributed by atoms with Crippen LogP contribution in [0.15, 0.2) is 47.6 Å². The Morgan fingerprint density at radius 3 is 2.43 bits per heavy atom. The predicted octanol–water partition coefficient (Wildman–Crippen LogP) is 3.54. The van der Waals surface area contributed by atoms with Crippen LogP contribution >= 0.6 is 11.8 Å². The lowest BCUT2D eigenvalue weighted by atomic mass is 10.1. The Morgan fingerprint density at radius 1 is 1.04 bits per heavy atom. The molecule has 0 saturated carbocycles. The average molecular weight is 332 g/mol. The Balaban J connectivity index is 1.85. The van der Waals surface area contributed by atoms with Gasteiger partial charge in [0.2, 0.25) is 5.16 Å². The van der Waals surface area contributed by atoms with Gasteiger partial charge in [-0.2, -0.15) is 0 Å². The minimum Gasteiger partial charge on any atom is -0.335 e. The Labute approximate surface area is 136 Å². The molecule has 0 spiro atoms. The first-order valence-corrected chi connectivity index (χ1v) is 7.88. The number of nitrogens with two attached hydrogens (primary N) is 1. The number of nitrogens with zero attached hydrogens (tertiary/aromatic N) is 3. The van der Waals surface area contributed by atoms with E-state index in [9.17, 15) is 8.78 Å². The fourth-order valence-corrected chi connectivity index (χ4v) is 3.06. The fourth-order valence-electron chi connectivity index (χ4n) is 2.19. The Bertz CT molecular complexity index is 828. The van der Waals surface area contributed by atoms with E-state index < -0.39 is 11.6 Å². The number of halogens is 2. The van der Waals surface area contributed by atoms with Crippen LogP contribution in [-0.2, 0) is 5.75 Å². The van der Waals surface area contributed by atoms with Gasteiger partial charge >= 0.3 is 0 Å². The highest BCUT2D eigenvalue weighted by Gasteiger charge is 2.15. The molecule has 7 heteroatoms. The molecule has 2 aromatic carbocycles. The van der Waals surface area contributed by atoms with Crippen molar-refractivity contribution in [3.63, 3.8) is 0 Å². The molecule has 3 rings (SSSR count). The van der Waals surface area contributed by atoms with Crippen molar-refractivity contribution >= 4 is 11.8 Å². The average Bonchev–Trinajstić information content (AvgIpc) is 2.88. The third kappa shape index (κ3) is 3.05. The van der Waals surface area contributed by atoms with E-state index in [1.165, 1.54) is 22.9 Å². The Hall–Kier alpha value is -2.41. The van der Waals surface area contributed by atoms with Crippen LogP contribution in [0.4, 0.5) is 8.78 Å². The van der Waals surface area contributed by atoms with Gasteiger partial charge in [0.1, 0.15) is 11.6 Å². The number of thioether (sulfide) groups is 1. The number of benzene rings is 2. The number of nitrogen functional groups attached to an aromatic ring is 1. The minimum atomic E-state index is -0.584. The highest BCUT2D eigenvalue weighted by atomic mass is 32.2. The van der Waals surface area contributed by atoms with Crippen molar-refractivity contribution in [2.24, 2.45) is 0 Å². The number of aryl methyl sites for hydroxylation is 1. The van der Waals surface area contributed by atoms with Crippen LogP contribution in [0.1, 0.15) is 11.1 Å². The predicted molar refractivity (Wildman–Crippen MR) is 86.3 cm³/mol. The van der Waals surface area contributed by atoms with E-state index in [1.807, 2.05) is 31.2 Å². The van der Waals surface area contributed by atoms with Gasteiger partial charge in [-0.1, -0.05) is 42.1 Å². The molecule has 3 aromatic rings. The summed E-state index contributed by atoms with van der Waals surface area (Å²) in [6.45, 7) is 1.95. The third-order valence-corrected chi connectivity index (χ3v) is 4.43. The first-order chi connectivity index (χ1) is 11.1. The second-order valence-corrected chi connectivity index (χ2v) is 5.92. The van der Waals surface area contributed by atoms with Crippen LogP contribution in [-0.4, -0.2) is 14.9 Å². The SMILES string of the molecule is Cc1ccccc1-c1nnc(SCc2c(F)cccc2F)n1N. The number of aromatic nitrogens is 3. The molecular weight excluding hydrogens is 318 g/mol. The zero-order valence-corrected chi connectivity index (χ0v) is 13.1. The van der Waals surface area contributed by atoms with Crippen molar-refractivity contribution in [2.45, 2.75) is 17.8 Å². The molecule has 23 heavy (non-hydrogen) atoms. The van der Waals surface area contributed by atoms with Crippen LogP contribution in [0.25, 0.3) is 11.4 Å². The third-order valence-electron chi connectivity index (χ3n) is 3.46. The highest BCUT2D eigenvalue weighted by Crippen LogP contribution is 2.27. The molecule has 1 aromatic heterocycles. The van der Waals surface area contributed by atoms with E-state index in [2.05, 4.69) is 10.2 Å². The maximum atomic E-state index is 13.6. The van der Waals surface area contributed by atoms with Crippen molar-refractivity contribution < 1.29 is 8.78 Å². The molecule has 4 nitrogen and oxygen atoms in total. The lowest BCUT2D eigenvalue weighted by Gasteiger charge is -2.07. The van der Waals surface area contributed by atoms with Crippen molar-refractivity contribution in [3.05, 3.63) is 65.2 Å². The summed E-state index contributed by atoms with van der Waals surface area (Å²) in [5.41, 5.74) is 1.88. The Morgan fingerprint density at radius 2 is 1.74 bits per heavy atom. The van der Waals surface area contributed by atoms with Gasteiger partial charge in [-0.05, 0) is 24.6 Å².